The molecule has 2 heterocycles. The van der Waals surface area contributed by atoms with Crippen LogP contribution in [0.25, 0.3) is 0 Å². The summed E-state index contributed by atoms with van der Waals surface area (Å²) in [6.45, 7) is 5.68. The summed E-state index contributed by atoms with van der Waals surface area (Å²) in [4.78, 5) is 14.5. The predicted octanol–water partition coefficient (Wildman–Crippen LogP) is 2.88. The van der Waals surface area contributed by atoms with Crippen LogP contribution >= 0.6 is 24.8 Å². The molecule has 0 atom stereocenters. The van der Waals surface area contributed by atoms with E-state index < -0.39 is 0 Å². The van der Waals surface area contributed by atoms with E-state index in [9.17, 15) is 9.90 Å². The molecule has 2 aliphatic rings. The minimum absolute atomic E-state index is 0. The molecule has 1 aromatic carbocycles. The van der Waals surface area contributed by atoms with E-state index in [2.05, 4.69) is 39.8 Å². The summed E-state index contributed by atoms with van der Waals surface area (Å²) < 4.78 is 0. The quantitative estimate of drug-likeness (QED) is 0.620. The average molecular weight is 432 g/mol. The first-order valence-corrected chi connectivity index (χ1v) is 10.1. The number of hydrogen-bond acceptors (Lipinski definition) is 4. The lowest BCUT2D eigenvalue weighted by atomic mass is 9.93. The van der Waals surface area contributed by atoms with Crippen molar-refractivity contribution < 1.29 is 9.90 Å². The van der Waals surface area contributed by atoms with Gasteiger partial charge < -0.3 is 15.7 Å². The molecular weight excluding hydrogens is 397 g/mol. The number of likely N-dealkylation sites (tertiary alicyclic amines) is 1. The van der Waals surface area contributed by atoms with Gasteiger partial charge in [0, 0.05) is 32.6 Å². The average Bonchev–Trinajstić information content (AvgIpc) is 2.68. The van der Waals surface area contributed by atoms with Crippen molar-refractivity contribution >= 4 is 30.7 Å². The third kappa shape index (κ3) is 8.66. The number of carbonyl (C=O) groups is 1. The Morgan fingerprint density at radius 3 is 2.29 bits per heavy atom. The normalized spacial score (nSPS) is 18.8. The largest absolute Gasteiger partial charge is 0.393 e. The summed E-state index contributed by atoms with van der Waals surface area (Å²) in [7, 11) is 0. The van der Waals surface area contributed by atoms with Crippen molar-refractivity contribution in [1.29, 1.82) is 0 Å². The molecule has 0 aliphatic carbocycles. The van der Waals surface area contributed by atoms with E-state index in [1.165, 1.54) is 18.4 Å². The molecular formula is C21H35Cl2N3O2. The van der Waals surface area contributed by atoms with Gasteiger partial charge in [-0.05, 0) is 62.2 Å². The van der Waals surface area contributed by atoms with Crippen molar-refractivity contribution in [2.24, 2.45) is 5.92 Å². The van der Waals surface area contributed by atoms with Crippen LogP contribution in [0.2, 0.25) is 0 Å². The molecule has 0 radical (unpaired) electrons. The number of nitrogens with one attached hydrogen (secondary N) is 2. The monoisotopic (exact) mass is 431 g/mol. The van der Waals surface area contributed by atoms with Crippen LogP contribution in [-0.4, -0.2) is 48.2 Å². The van der Waals surface area contributed by atoms with Crippen molar-refractivity contribution in [3.63, 3.8) is 0 Å². The lowest BCUT2D eigenvalue weighted by molar-refractivity contribution is -0.121. The van der Waals surface area contributed by atoms with Gasteiger partial charge in [-0.25, -0.2) is 0 Å². The SMILES string of the molecule is Cl.Cl.O=C(CCC1CCNCC1)NCc1ccc(CN2CCC(O)CC2)cc1. The van der Waals surface area contributed by atoms with Crippen molar-refractivity contribution in [2.45, 2.75) is 57.7 Å². The molecule has 1 amide bonds. The van der Waals surface area contributed by atoms with E-state index in [1.807, 2.05) is 0 Å². The van der Waals surface area contributed by atoms with Crippen LogP contribution < -0.4 is 10.6 Å². The topological polar surface area (TPSA) is 64.6 Å². The summed E-state index contributed by atoms with van der Waals surface area (Å²) in [6, 6.07) is 8.53. The van der Waals surface area contributed by atoms with Crippen LogP contribution in [0.4, 0.5) is 0 Å². The molecule has 5 nitrogen and oxygen atoms in total. The number of benzene rings is 1. The molecule has 28 heavy (non-hydrogen) atoms. The van der Waals surface area contributed by atoms with Gasteiger partial charge in [0.15, 0.2) is 0 Å². The molecule has 1 aromatic rings. The lowest BCUT2D eigenvalue weighted by Crippen LogP contribution is -2.35. The molecule has 7 heteroatoms. The summed E-state index contributed by atoms with van der Waals surface area (Å²) >= 11 is 0. The maximum atomic E-state index is 12.1. The zero-order chi connectivity index (χ0) is 18.2. The molecule has 0 saturated carbocycles. The first kappa shape index (κ1) is 25.2. The Hall–Kier alpha value is -0.850. The molecule has 0 bridgehead atoms. The fraction of sp³-hybridized carbons (Fsp3) is 0.667. The molecule has 0 spiro atoms. The van der Waals surface area contributed by atoms with Crippen molar-refractivity contribution in [2.75, 3.05) is 26.2 Å². The zero-order valence-electron chi connectivity index (χ0n) is 16.6. The number of nitrogens with zero attached hydrogens (tertiary/aromatic N) is 1. The van der Waals surface area contributed by atoms with Crippen molar-refractivity contribution in [3.05, 3.63) is 35.4 Å². The van der Waals surface area contributed by atoms with Gasteiger partial charge in [0.05, 0.1) is 6.10 Å². The second-order valence-electron chi connectivity index (χ2n) is 7.83. The Morgan fingerprint density at radius 1 is 1.04 bits per heavy atom. The fourth-order valence-corrected chi connectivity index (χ4v) is 3.89. The molecule has 2 saturated heterocycles. The second kappa shape index (κ2) is 13.4. The van der Waals surface area contributed by atoms with Crippen LogP contribution in [0.5, 0.6) is 0 Å². The number of halogens is 2. The second-order valence-corrected chi connectivity index (χ2v) is 7.83. The highest BCUT2D eigenvalue weighted by atomic mass is 35.5. The molecule has 3 rings (SSSR count). The number of aliphatic hydroxyl groups is 1. The lowest BCUT2D eigenvalue weighted by Gasteiger charge is -2.29. The number of hydrogen-bond donors (Lipinski definition) is 3. The Morgan fingerprint density at radius 2 is 1.64 bits per heavy atom. The third-order valence-corrected chi connectivity index (χ3v) is 5.71. The van der Waals surface area contributed by atoms with Gasteiger partial charge >= 0.3 is 0 Å². The van der Waals surface area contributed by atoms with Crippen molar-refractivity contribution in [3.8, 4) is 0 Å². The van der Waals surface area contributed by atoms with Crippen LogP contribution in [0, 0.1) is 5.92 Å². The van der Waals surface area contributed by atoms with Gasteiger partial charge in [0.2, 0.25) is 5.91 Å². The summed E-state index contributed by atoms with van der Waals surface area (Å²) in [5, 5.41) is 16.0. The summed E-state index contributed by atoms with van der Waals surface area (Å²) in [5.74, 6) is 0.872. The Labute approximate surface area is 181 Å². The zero-order valence-corrected chi connectivity index (χ0v) is 18.2. The Kier molecular flexibility index (Phi) is 12.0. The summed E-state index contributed by atoms with van der Waals surface area (Å²) in [5.41, 5.74) is 2.44. The van der Waals surface area contributed by atoms with E-state index in [0.717, 1.165) is 57.5 Å². The molecule has 2 aliphatic heterocycles. The van der Waals surface area contributed by atoms with Crippen LogP contribution in [0.15, 0.2) is 24.3 Å². The van der Waals surface area contributed by atoms with E-state index in [1.54, 1.807) is 0 Å². The fourth-order valence-electron chi connectivity index (χ4n) is 3.89. The first-order valence-electron chi connectivity index (χ1n) is 10.1. The summed E-state index contributed by atoms with van der Waals surface area (Å²) in [6.07, 6.45) is 5.69. The van der Waals surface area contributed by atoms with Gasteiger partial charge in [-0.3, -0.25) is 9.69 Å². The number of amides is 1. The highest BCUT2D eigenvalue weighted by Gasteiger charge is 2.17. The predicted molar refractivity (Wildman–Crippen MR) is 118 cm³/mol. The molecule has 0 aromatic heterocycles. The highest BCUT2D eigenvalue weighted by Crippen LogP contribution is 2.18. The van der Waals surface area contributed by atoms with E-state index in [0.29, 0.717) is 18.9 Å². The van der Waals surface area contributed by atoms with E-state index in [-0.39, 0.29) is 36.8 Å². The van der Waals surface area contributed by atoms with Crippen molar-refractivity contribution in [1.82, 2.24) is 15.5 Å². The minimum atomic E-state index is -0.119. The van der Waals surface area contributed by atoms with Gasteiger partial charge in [0.1, 0.15) is 0 Å². The maximum absolute atomic E-state index is 12.1. The molecule has 2 fully saturated rings. The van der Waals surface area contributed by atoms with Gasteiger partial charge in [0.25, 0.3) is 0 Å². The Bertz CT molecular complexity index is 557. The van der Waals surface area contributed by atoms with E-state index in [4.69, 9.17) is 0 Å². The number of piperidine rings is 2. The number of aliphatic hydroxyl groups excluding tert-OH is 1. The molecule has 160 valence electrons. The standard InChI is InChI=1S/C21H33N3O2.2ClH/c25-20-9-13-24(14-10-20)16-19-3-1-18(2-4-19)15-23-21(26)6-5-17-7-11-22-12-8-17;;/h1-4,17,20,22,25H,5-16H2,(H,23,26);2*1H. The molecule has 0 unspecified atom stereocenters. The smallest absolute Gasteiger partial charge is 0.220 e. The van der Waals surface area contributed by atoms with Gasteiger partial charge in [-0.2, -0.15) is 0 Å². The third-order valence-electron chi connectivity index (χ3n) is 5.71. The van der Waals surface area contributed by atoms with Gasteiger partial charge in [-0.15, -0.1) is 24.8 Å². The van der Waals surface area contributed by atoms with Crippen LogP contribution in [0.3, 0.4) is 0 Å². The van der Waals surface area contributed by atoms with Crippen LogP contribution in [-0.2, 0) is 17.9 Å². The number of carbonyl (C=O) groups excluding carboxylic acids is 1. The minimum Gasteiger partial charge on any atom is -0.393 e. The Balaban J connectivity index is 0.00000196. The van der Waals surface area contributed by atoms with Crippen LogP contribution in [0.1, 0.15) is 49.7 Å². The maximum Gasteiger partial charge on any atom is 0.220 e. The first-order chi connectivity index (χ1) is 12.7. The number of rotatable bonds is 7. The molecule has 3 N–H and O–H groups in total. The van der Waals surface area contributed by atoms with E-state index >= 15 is 0 Å². The highest BCUT2D eigenvalue weighted by molar-refractivity contribution is 5.85. The van der Waals surface area contributed by atoms with Gasteiger partial charge in [-0.1, -0.05) is 24.3 Å².